The molecule has 18 rings (SSSR count). The molecule has 504 valence electrons. The molecule has 9 heteroatoms. The van der Waals surface area contributed by atoms with Gasteiger partial charge in [0.25, 0.3) is 0 Å². The van der Waals surface area contributed by atoms with Crippen molar-refractivity contribution >= 4 is 150 Å². The molecule has 2 heterocycles. The topological polar surface area (TPSA) is 25.1 Å². The van der Waals surface area contributed by atoms with Gasteiger partial charge in [-0.2, -0.15) is 0 Å². The normalized spacial score (nSPS) is 11.4. The summed E-state index contributed by atoms with van der Waals surface area (Å²) >= 11 is -2.88. The molecule has 0 atom stereocenters. The van der Waals surface area contributed by atoms with E-state index in [0.717, 1.165) is 66.2 Å². The smallest absolute Gasteiger partial charge is 0.123 e. The number of hydrogen-bond donors (Lipinski definition) is 1. The first-order valence-electron chi connectivity index (χ1n) is 35.3. The first kappa shape index (κ1) is 67.6. The van der Waals surface area contributed by atoms with Crippen molar-refractivity contribution in [3.05, 3.63) is 441 Å². The molecule has 1 N–H and O–H groups in total. The summed E-state index contributed by atoms with van der Waals surface area (Å²) in [6, 6.07) is 148. The van der Waals surface area contributed by atoms with E-state index in [2.05, 4.69) is 399 Å². The summed E-state index contributed by atoms with van der Waals surface area (Å²) in [5.41, 5.74) is 11.6. The molecule has 0 bridgehead atoms. The molecule has 0 aliphatic rings. The Hall–Kier alpha value is -11.9. The van der Waals surface area contributed by atoms with Crippen molar-refractivity contribution in [2.45, 2.75) is 0 Å². The van der Waals surface area contributed by atoms with Crippen LogP contribution >= 0.6 is 15.9 Å². The van der Waals surface area contributed by atoms with Crippen LogP contribution in [0.5, 0.6) is 0 Å². The monoisotopic (exact) mass is 1540 g/mol. The molecule has 0 saturated heterocycles. The summed E-state index contributed by atoms with van der Waals surface area (Å²) in [7, 11) is 0. The Morgan fingerprint density at radius 3 is 0.905 bits per heavy atom. The number of anilines is 5. The van der Waals surface area contributed by atoms with Crippen LogP contribution in [-0.4, -0.2) is 35.7 Å². The van der Waals surface area contributed by atoms with Gasteiger partial charge in [0.1, 0.15) is 5.82 Å². The Balaban J connectivity index is 0.000000134. The van der Waals surface area contributed by atoms with Gasteiger partial charge >= 0.3 is 456 Å². The van der Waals surface area contributed by atoms with Gasteiger partial charge in [0.15, 0.2) is 0 Å². The van der Waals surface area contributed by atoms with Crippen LogP contribution in [0, 0.1) is 11.6 Å². The first-order valence-corrected chi connectivity index (χ1v) is 44.5. The number of para-hydroxylation sites is 4. The van der Waals surface area contributed by atoms with Gasteiger partial charge < -0.3 is 9.88 Å². The number of benzene rings is 16. The molecule has 0 aliphatic heterocycles. The fraction of sp³-hybridized carbons (Fsp3) is 0. The van der Waals surface area contributed by atoms with Crippen LogP contribution in [0.15, 0.2) is 429 Å². The van der Waals surface area contributed by atoms with Crippen molar-refractivity contribution in [2.24, 2.45) is 0 Å². The zero-order valence-corrected chi connectivity index (χ0v) is 63.2. The Kier molecular flexibility index (Phi) is 19.7. The third kappa shape index (κ3) is 13.4. The minimum Gasteiger partial charge on any atom is -0.356 e. The molecular formula is C96H71BrF2Ge2N4. The van der Waals surface area contributed by atoms with Gasteiger partial charge in [-0.25, -0.2) is 4.39 Å². The Morgan fingerprint density at radius 2 is 0.514 bits per heavy atom. The van der Waals surface area contributed by atoms with Crippen molar-refractivity contribution < 1.29 is 8.78 Å². The molecule has 0 spiro atoms. The predicted octanol–water partition coefficient (Wildman–Crippen LogP) is 20.3. The standard InChI is InChI=1S/C48H35FGeN2.C24H19BrGe.C24H17FN2/c49-36-25-29-42(30-26-36)51(44-33-34-48-46(35-44)45-23-13-14-24-47(45)52(48)41-21-11-4-12-22-41)43-31-27-40(28-32-43)50(37-15-5-1-6-16-37,38-17-7-2-8-18-38)39-19-9-3-10-20-39;25-20-16-18-24(19-17-20)26(21-10-4-1-5-11-21,22-12-6-2-7-13-22)23-14-8-3-9-15-23;25-17-10-12-18(13-11-17)26-19-14-15-24-22(16-19)21-8-4-5-9-23(21)27(24)20-6-2-1-3-7-20/h1-35H;1-19H;1-16,26H. The van der Waals surface area contributed by atoms with Gasteiger partial charge in [0.2, 0.25) is 0 Å². The minimum atomic E-state index is -3.44. The van der Waals surface area contributed by atoms with Crippen molar-refractivity contribution in [1.29, 1.82) is 0 Å². The summed E-state index contributed by atoms with van der Waals surface area (Å²) in [5, 5.41) is 8.09. The molecule has 0 unspecified atom stereocenters. The van der Waals surface area contributed by atoms with Crippen LogP contribution in [0.25, 0.3) is 55.0 Å². The maximum absolute atomic E-state index is 14.4. The second-order valence-electron chi connectivity index (χ2n) is 26.0. The van der Waals surface area contributed by atoms with Crippen molar-refractivity contribution in [1.82, 2.24) is 9.13 Å². The average molecular weight is 1540 g/mol. The number of fused-ring (bicyclic) bond motifs is 6. The molecule has 0 radical (unpaired) electrons. The van der Waals surface area contributed by atoms with E-state index in [-0.39, 0.29) is 11.6 Å². The van der Waals surface area contributed by atoms with E-state index < -0.39 is 26.5 Å². The predicted molar refractivity (Wildman–Crippen MR) is 447 cm³/mol. The molecule has 0 saturated carbocycles. The number of aromatic nitrogens is 2. The van der Waals surface area contributed by atoms with Gasteiger partial charge in [0.05, 0.1) is 11.0 Å². The number of halogens is 3. The summed E-state index contributed by atoms with van der Waals surface area (Å²) in [6.07, 6.45) is 0. The fourth-order valence-electron chi connectivity index (χ4n) is 15.3. The molecule has 0 amide bonds. The van der Waals surface area contributed by atoms with Crippen LogP contribution in [0.2, 0.25) is 0 Å². The maximum atomic E-state index is 14.4. The van der Waals surface area contributed by atoms with E-state index in [1.807, 2.05) is 24.3 Å². The van der Waals surface area contributed by atoms with Crippen molar-refractivity contribution in [3.8, 4) is 11.4 Å². The second kappa shape index (κ2) is 30.6. The van der Waals surface area contributed by atoms with E-state index in [1.165, 1.54) is 81.1 Å². The fourth-order valence-corrected chi connectivity index (χ4v) is 35.5. The number of rotatable bonds is 15. The summed E-state index contributed by atoms with van der Waals surface area (Å²) < 4.78 is 44.5. The summed E-state index contributed by atoms with van der Waals surface area (Å²) in [5.74, 6) is -0.492. The van der Waals surface area contributed by atoms with Crippen molar-refractivity contribution in [3.63, 3.8) is 0 Å². The SMILES string of the molecule is Brc1cc[c]([Ge]([c]2ccccc2)([c]2ccccc2)[c]2ccccc2)cc1.Fc1ccc(N(c2cc[c]([Ge]([c]3ccccc3)([c]3ccccc3)[c]3ccccc3)cc2)c2ccc3c(c2)c2ccccc2n3-c2ccccc2)cc1.Fc1ccc(Nc2ccc3c(c2)c2ccccc2n3-c2ccccc2)cc1. The number of hydrogen-bond acceptors (Lipinski definition) is 2. The van der Waals surface area contributed by atoms with E-state index in [0.29, 0.717) is 0 Å². The Morgan fingerprint density at radius 1 is 0.238 bits per heavy atom. The molecule has 0 aliphatic carbocycles. The summed E-state index contributed by atoms with van der Waals surface area (Å²) in [6.45, 7) is 0. The first-order chi connectivity index (χ1) is 51.8. The quantitative estimate of drug-likeness (QED) is 0.104. The average Bonchev–Trinajstić information content (AvgIpc) is 1.46. The molecule has 2 aromatic heterocycles. The van der Waals surface area contributed by atoms with Crippen LogP contribution in [-0.2, 0) is 0 Å². The second-order valence-corrected chi connectivity index (χ2v) is 42.9. The third-order valence-corrected chi connectivity index (χ3v) is 40.6. The zero-order valence-electron chi connectivity index (χ0n) is 57.4. The maximum Gasteiger partial charge on any atom is 0.123 e. The molecule has 18 aromatic rings. The van der Waals surface area contributed by atoms with Gasteiger partial charge in [-0.15, -0.1) is 0 Å². The van der Waals surface area contributed by atoms with Gasteiger partial charge in [-0.3, -0.25) is 0 Å². The van der Waals surface area contributed by atoms with E-state index in [4.69, 9.17) is 0 Å². The van der Waals surface area contributed by atoms with Crippen LogP contribution in [0.1, 0.15) is 0 Å². The Labute approximate surface area is 624 Å². The van der Waals surface area contributed by atoms with E-state index in [9.17, 15) is 8.78 Å². The Bertz CT molecular complexity index is 5730. The zero-order chi connectivity index (χ0) is 70.9. The molecule has 0 fully saturated rings. The van der Waals surface area contributed by atoms with Gasteiger partial charge in [-0.1, -0.05) is 54.6 Å². The molecular weight excluding hydrogens is 1470 g/mol. The number of nitrogens with one attached hydrogen (secondary N) is 1. The van der Waals surface area contributed by atoms with Crippen LogP contribution < -0.4 is 45.4 Å². The van der Waals surface area contributed by atoms with Gasteiger partial charge in [-0.05, 0) is 60.7 Å². The summed E-state index contributed by atoms with van der Waals surface area (Å²) in [4.78, 5) is 2.24. The van der Waals surface area contributed by atoms with Crippen LogP contribution in [0.4, 0.5) is 37.2 Å². The molecule has 105 heavy (non-hydrogen) atoms. The minimum absolute atomic E-state index is 0.234. The third-order valence-electron chi connectivity index (χ3n) is 19.9. The largest absolute Gasteiger partial charge is 0.356 e. The van der Waals surface area contributed by atoms with E-state index in [1.54, 1.807) is 12.1 Å². The number of nitrogens with zero attached hydrogens (tertiary/aromatic N) is 3. The van der Waals surface area contributed by atoms with E-state index >= 15 is 0 Å². The molecule has 16 aromatic carbocycles. The van der Waals surface area contributed by atoms with Gasteiger partial charge in [0, 0.05) is 27.8 Å². The van der Waals surface area contributed by atoms with Crippen molar-refractivity contribution in [2.75, 3.05) is 10.2 Å². The molecule has 4 nitrogen and oxygen atoms in total. The van der Waals surface area contributed by atoms with Crippen LogP contribution in [0.3, 0.4) is 0 Å².